The molecule has 0 spiro atoms. The van der Waals surface area contributed by atoms with E-state index in [0.717, 1.165) is 5.56 Å². The fourth-order valence-electron chi connectivity index (χ4n) is 4.74. The van der Waals surface area contributed by atoms with E-state index in [1.165, 1.54) is 6.07 Å². The fraction of sp³-hybridized carbons (Fsp3) is 0.250. The lowest BCUT2D eigenvalue weighted by atomic mass is 9.99. The van der Waals surface area contributed by atoms with Crippen LogP contribution in [0.2, 0.25) is 0 Å². The summed E-state index contributed by atoms with van der Waals surface area (Å²) in [5.74, 6) is 0.906. The number of aromatic hydroxyl groups is 1. The quantitative estimate of drug-likeness (QED) is 0.537. The van der Waals surface area contributed by atoms with E-state index >= 15 is 0 Å². The van der Waals surface area contributed by atoms with Crippen LogP contribution in [0.4, 0.5) is 10.1 Å². The minimum Gasteiger partial charge on any atom is -0.507 e. The number of anilines is 1. The SMILES string of the molecule is COc1ccccc1/C=C1\Oc2c(CN3CCN(c4ccccc4F)CC3)c(O)cc(C)c2C1=O. The Labute approximate surface area is 203 Å². The second-order valence-corrected chi connectivity index (χ2v) is 8.79. The molecule has 0 aromatic heterocycles. The van der Waals surface area contributed by atoms with Crippen molar-refractivity contribution in [1.29, 1.82) is 0 Å². The smallest absolute Gasteiger partial charge is 0.232 e. The summed E-state index contributed by atoms with van der Waals surface area (Å²) in [6.45, 7) is 4.92. The molecule has 180 valence electrons. The van der Waals surface area contributed by atoms with E-state index in [1.807, 2.05) is 35.2 Å². The zero-order chi connectivity index (χ0) is 24.5. The average Bonchev–Trinajstić information content (AvgIpc) is 3.19. The first-order chi connectivity index (χ1) is 17.0. The molecule has 2 aliphatic heterocycles. The number of phenols is 1. The second kappa shape index (κ2) is 9.43. The van der Waals surface area contributed by atoms with Gasteiger partial charge in [0.15, 0.2) is 5.76 Å². The van der Waals surface area contributed by atoms with E-state index in [0.29, 0.717) is 66.6 Å². The fourth-order valence-corrected chi connectivity index (χ4v) is 4.74. The van der Waals surface area contributed by atoms with Gasteiger partial charge in [0.1, 0.15) is 23.1 Å². The average molecular weight is 475 g/mol. The number of hydrogen-bond donors (Lipinski definition) is 1. The number of methoxy groups -OCH3 is 1. The van der Waals surface area contributed by atoms with Crippen LogP contribution in [0.3, 0.4) is 0 Å². The van der Waals surface area contributed by atoms with Crippen molar-refractivity contribution in [1.82, 2.24) is 4.90 Å². The molecule has 0 radical (unpaired) electrons. The maximum atomic E-state index is 14.2. The first kappa shape index (κ1) is 22.9. The van der Waals surface area contributed by atoms with E-state index < -0.39 is 0 Å². The van der Waals surface area contributed by atoms with Gasteiger partial charge in [-0.1, -0.05) is 30.3 Å². The number of nitrogens with zero attached hydrogens (tertiary/aromatic N) is 2. The van der Waals surface area contributed by atoms with Crippen LogP contribution in [0, 0.1) is 12.7 Å². The van der Waals surface area contributed by atoms with Gasteiger partial charge < -0.3 is 19.5 Å². The van der Waals surface area contributed by atoms with Gasteiger partial charge in [-0.2, -0.15) is 0 Å². The van der Waals surface area contributed by atoms with Crippen molar-refractivity contribution in [3.05, 3.63) is 88.4 Å². The minimum atomic E-state index is -0.226. The van der Waals surface area contributed by atoms with Gasteiger partial charge in [0, 0.05) is 38.3 Å². The van der Waals surface area contributed by atoms with Gasteiger partial charge in [0.2, 0.25) is 5.78 Å². The Morgan fingerprint density at radius 3 is 2.54 bits per heavy atom. The van der Waals surface area contributed by atoms with E-state index in [4.69, 9.17) is 9.47 Å². The summed E-state index contributed by atoms with van der Waals surface area (Å²) in [4.78, 5) is 17.4. The number of aryl methyl sites for hydroxylation is 1. The zero-order valence-corrected chi connectivity index (χ0v) is 19.8. The summed E-state index contributed by atoms with van der Waals surface area (Å²) in [6.07, 6.45) is 1.68. The van der Waals surface area contributed by atoms with Crippen LogP contribution in [0.5, 0.6) is 17.2 Å². The Balaban J connectivity index is 1.38. The molecule has 0 amide bonds. The Bertz CT molecular complexity index is 1310. The molecule has 1 fully saturated rings. The number of rotatable bonds is 5. The number of carbonyl (C=O) groups excluding carboxylic acids is 1. The summed E-state index contributed by atoms with van der Waals surface area (Å²) < 4.78 is 25.7. The molecule has 6 nitrogen and oxygen atoms in total. The molecule has 0 aliphatic carbocycles. The predicted molar refractivity (Wildman–Crippen MR) is 133 cm³/mol. The molecule has 0 bridgehead atoms. The van der Waals surface area contributed by atoms with Gasteiger partial charge in [-0.3, -0.25) is 9.69 Å². The number of ketones is 1. The van der Waals surface area contributed by atoms with Crippen molar-refractivity contribution in [3.8, 4) is 17.2 Å². The summed E-state index contributed by atoms with van der Waals surface area (Å²) in [5.41, 5.74) is 3.06. The van der Waals surface area contributed by atoms with Gasteiger partial charge in [-0.15, -0.1) is 0 Å². The standard InChI is InChI=1S/C28H27FN2O4/c1-18-15-23(32)20(17-30-11-13-31(14-12-30)22-9-5-4-8-21(22)29)28-26(18)27(33)25(35-28)16-19-7-3-6-10-24(19)34-2/h3-10,15-16,32H,11-14,17H2,1-2H3/b25-16-. The molecular formula is C28H27FN2O4. The molecule has 3 aromatic carbocycles. The molecular weight excluding hydrogens is 447 g/mol. The lowest BCUT2D eigenvalue weighted by Crippen LogP contribution is -2.46. The van der Waals surface area contributed by atoms with E-state index in [1.54, 1.807) is 38.3 Å². The maximum Gasteiger partial charge on any atom is 0.232 e. The maximum absolute atomic E-state index is 14.2. The minimum absolute atomic E-state index is 0.101. The van der Waals surface area contributed by atoms with Crippen LogP contribution >= 0.6 is 0 Å². The summed E-state index contributed by atoms with van der Waals surface area (Å²) in [7, 11) is 1.58. The molecule has 2 aliphatic rings. The van der Waals surface area contributed by atoms with Crippen LogP contribution in [0.25, 0.3) is 6.08 Å². The third kappa shape index (κ3) is 4.35. The van der Waals surface area contributed by atoms with Crippen molar-refractivity contribution in [2.45, 2.75) is 13.5 Å². The molecule has 0 unspecified atom stereocenters. The summed E-state index contributed by atoms with van der Waals surface area (Å²) in [6, 6.07) is 15.8. The van der Waals surface area contributed by atoms with Crippen molar-refractivity contribution in [2.24, 2.45) is 0 Å². The molecule has 5 rings (SSSR count). The van der Waals surface area contributed by atoms with Crippen LogP contribution < -0.4 is 14.4 Å². The van der Waals surface area contributed by atoms with E-state index in [9.17, 15) is 14.3 Å². The predicted octanol–water partition coefficient (Wildman–Crippen LogP) is 4.79. The number of carbonyl (C=O) groups is 1. The highest BCUT2D eigenvalue weighted by molar-refractivity contribution is 6.16. The van der Waals surface area contributed by atoms with Crippen LogP contribution in [-0.4, -0.2) is 49.1 Å². The summed E-state index contributed by atoms with van der Waals surface area (Å²) in [5, 5.41) is 10.8. The third-order valence-corrected chi connectivity index (χ3v) is 6.59. The number of phenolic OH excluding ortho intramolecular Hbond substituents is 1. The molecule has 0 atom stereocenters. The van der Waals surface area contributed by atoms with E-state index in [-0.39, 0.29) is 23.1 Å². The molecule has 3 aromatic rings. The molecule has 1 N–H and O–H groups in total. The number of piperazine rings is 1. The van der Waals surface area contributed by atoms with Crippen molar-refractivity contribution < 1.29 is 23.8 Å². The molecule has 2 heterocycles. The number of hydrogen-bond acceptors (Lipinski definition) is 6. The third-order valence-electron chi connectivity index (χ3n) is 6.59. The van der Waals surface area contributed by atoms with Crippen LogP contribution in [0.1, 0.15) is 27.0 Å². The van der Waals surface area contributed by atoms with Crippen molar-refractivity contribution >= 4 is 17.5 Å². The second-order valence-electron chi connectivity index (χ2n) is 8.79. The molecule has 0 saturated carbocycles. The lowest BCUT2D eigenvalue weighted by molar-refractivity contribution is 0.101. The Kier molecular flexibility index (Phi) is 6.17. The van der Waals surface area contributed by atoms with Crippen molar-refractivity contribution in [2.75, 3.05) is 38.2 Å². The van der Waals surface area contributed by atoms with Gasteiger partial charge >= 0.3 is 0 Å². The molecule has 35 heavy (non-hydrogen) atoms. The normalized spacial score (nSPS) is 16.9. The molecule has 1 saturated heterocycles. The number of fused-ring (bicyclic) bond motifs is 1. The number of halogens is 1. The number of Topliss-reactive ketones (excluding diaryl/α,β-unsaturated/α-hetero) is 1. The van der Waals surface area contributed by atoms with Gasteiger partial charge in [-0.05, 0) is 42.8 Å². The number of ether oxygens (including phenoxy) is 2. The van der Waals surface area contributed by atoms with Crippen LogP contribution in [0.15, 0.2) is 60.4 Å². The van der Waals surface area contributed by atoms with Gasteiger partial charge in [0.05, 0.1) is 23.9 Å². The Morgan fingerprint density at radius 2 is 1.80 bits per heavy atom. The number of benzene rings is 3. The number of allylic oxidation sites excluding steroid dienone is 1. The highest BCUT2D eigenvalue weighted by atomic mass is 19.1. The largest absolute Gasteiger partial charge is 0.507 e. The summed E-state index contributed by atoms with van der Waals surface area (Å²) >= 11 is 0. The van der Waals surface area contributed by atoms with Crippen molar-refractivity contribution in [3.63, 3.8) is 0 Å². The van der Waals surface area contributed by atoms with Gasteiger partial charge in [0.25, 0.3) is 0 Å². The first-order valence-electron chi connectivity index (χ1n) is 11.6. The Morgan fingerprint density at radius 1 is 1.09 bits per heavy atom. The number of para-hydroxylation sites is 2. The zero-order valence-electron chi connectivity index (χ0n) is 19.8. The monoisotopic (exact) mass is 474 g/mol. The Hall–Kier alpha value is -3.84. The highest BCUT2D eigenvalue weighted by Crippen LogP contribution is 2.42. The molecule has 7 heteroatoms. The topological polar surface area (TPSA) is 62.2 Å². The van der Waals surface area contributed by atoms with E-state index in [2.05, 4.69) is 4.90 Å². The first-order valence-corrected chi connectivity index (χ1v) is 11.6. The highest BCUT2D eigenvalue weighted by Gasteiger charge is 2.34. The van der Waals surface area contributed by atoms with Crippen LogP contribution in [-0.2, 0) is 6.54 Å². The lowest BCUT2D eigenvalue weighted by Gasteiger charge is -2.36. The van der Waals surface area contributed by atoms with Gasteiger partial charge in [-0.25, -0.2) is 4.39 Å².